The third kappa shape index (κ3) is 14.3. The Hall–Kier alpha value is -3.42. The first-order valence-electron chi connectivity index (χ1n) is 10.6. The van der Waals surface area contributed by atoms with Gasteiger partial charge in [-0.1, -0.05) is 13.8 Å². The number of hydrogen-bond donors (Lipinski definition) is 10. The molecule has 0 saturated heterocycles. The average molecular weight is 470 g/mol. The highest BCUT2D eigenvalue weighted by atomic mass is 16.2. The molecule has 0 rings (SSSR count). The standard InChI is InChI=1S/C19H37N10O4/c1-11(2)15(20)17(33)29-13(6-4-8-26-19(23)24)16(32)27-9-14(31)28-12(10-30)5-3-7-25-18(21)22/h11-13,15H,3-9,20H2,1-2H3,(H,27,32)(H,28,31)(H,29,33)(H4,21,22,25)(H4,23,24,26)/t12-,13-,15-/m0/s1. The van der Waals surface area contributed by atoms with E-state index in [0.717, 1.165) is 0 Å². The molecule has 0 unspecified atom stereocenters. The molecule has 13 N–H and O–H groups in total. The average Bonchev–Trinajstić information content (AvgIpc) is 2.74. The largest absolute Gasteiger partial charge is 0.370 e. The minimum absolute atomic E-state index is 0.138. The van der Waals surface area contributed by atoms with Crippen molar-refractivity contribution in [2.75, 3.05) is 19.6 Å². The third-order valence-electron chi connectivity index (χ3n) is 4.52. The molecule has 14 heteroatoms. The number of carbonyl (C=O) groups is 3. The molecule has 0 bridgehead atoms. The summed E-state index contributed by atoms with van der Waals surface area (Å²) in [7, 11) is 0. The van der Waals surface area contributed by atoms with Crippen LogP contribution in [0.2, 0.25) is 0 Å². The molecule has 0 saturated carbocycles. The van der Waals surface area contributed by atoms with Gasteiger partial charge in [0.25, 0.3) is 0 Å². The number of amides is 3. The first kappa shape index (κ1) is 29.6. The van der Waals surface area contributed by atoms with Crippen molar-refractivity contribution in [3.05, 3.63) is 0 Å². The molecule has 14 nitrogen and oxygen atoms in total. The van der Waals surface area contributed by atoms with E-state index in [4.69, 9.17) is 28.0 Å². The summed E-state index contributed by atoms with van der Waals surface area (Å²) in [5, 5.41) is 26.9. The zero-order chi connectivity index (χ0) is 25.4. The van der Waals surface area contributed by atoms with Crippen molar-refractivity contribution in [2.45, 2.75) is 57.7 Å². The zero-order valence-electron chi connectivity index (χ0n) is 19.1. The molecule has 0 aliphatic rings. The van der Waals surface area contributed by atoms with Gasteiger partial charge in [-0.15, -0.1) is 0 Å². The minimum Gasteiger partial charge on any atom is -0.370 e. The van der Waals surface area contributed by atoms with E-state index in [-0.39, 0.29) is 30.7 Å². The summed E-state index contributed by atoms with van der Waals surface area (Å²) in [6, 6.07) is -2.63. The van der Waals surface area contributed by atoms with E-state index < -0.39 is 42.4 Å². The maximum atomic E-state index is 12.6. The predicted octanol–water partition coefficient (Wildman–Crippen LogP) is -3.31. The molecule has 0 aromatic heterocycles. The van der Waals surface area contributed by atoms with Crippen LogP contribution in [0, 0.1) is 16.7 Å². The Kier molecular flexibility index (Phi) is 14.6. The lowest BCUT2D eigenvalue weighted by molar-refractivity contribution is -0.131. The fraction of sp³-hybridized carbons (Fsp3) is 0.684. The fourth-order valence-corrected chi connectivity index (χ4v) is 2.59. The lowest BCUT2D eigenvalue weighted by Crippen LogP contribution is -2.54. The monoisotopic (exact) mass is 469 g/mol. The number of nitrogens with one attached hydrogen (secondary N) is 7. The SMILES string of the molecule is CC(C)[C@H](N)C(=O)N[C@@H](CCCNC(=N)N)C(=O)NCC(=O)N[C@H]([C]=O)CCCNC(=N)N. The molecule has 1 radical (unpaired) electrons. The summed E-state index contributed by atoms with van der Waals surface area (Å²) in [6.07, 6.45) is 3.09. The van der Waals surface area contributed by atoms with Crippen molar-refractivity contribution in [3.8, 4) is 0 Å². The first-order valence-corrected chi connectivity index (χ1v) is 10.6. The highest BCUT2D eigenvalue weighted by Crippen LogP contribution is 2.02. The second-order valence-electron chi connectivity index (χ2n) is 7.75. The summed E-state index contributed by atoms with van der Waals surface area (Å²) >= 11 is 0. The molecule has 0 aromatic rings. The van der Waals surface area contributed by atoms with Gasteiger partial charge in [0.15, 0.2) is 11.9 Å². The summed E-state index contributed by atoms with van der Waals surface area (Å²) < 4.78 is 0. The highest BCUT2D eigenvalue weighted by Gasteiger charge is 2.25. The van der Waals surface area contributed by atoms with E-state index in [1.807, 2.05) is 0 Å². The molecule has 33 heavy (non-hydrogen) atoms. The molecule has 3 atom stereocenters. The Balaban J connectivity index is 4.74. The van der Waals surface area contributed by atoms with Crippen LogP contribution in [-0.4, -0.2) is 73.7 Å². The van der Waals surface area contributed by atoms with Gasteiger partial charge < -0.3 is 43.8 Å². The van der Waals surface area contributed by atoms with Gasteiger partial charge in [-0.25, -0.2) is 0 Å². The van der Waals surface area contributed by atoms with E-state index in [1.54, 1.807) is 20.1 Å². The molecule has 0 fully saturated rings. The van der Waals surface area contributed by atoms with E-state index in [9.17, 15) is 19.2 Å². The van der Waals surface area contributed by atoms with Gasteiger partial charge >= 0.3 is 0 Å². The zero-order valence-corrected chi connectivity index (χ0v) is 19.1. The molecule has 187 valence electrons. The van der Waals surface area contributed by atoms with Crippen molar-refractivity contribution in [1.82, 2.24) is 26.6 Å². The van der Waals surface area contributed by atoms with E-state index in [1.165, 1.54) is 0 Å². The van der Waals surface area contributed by atoms with E-state index >= 15 is 0 Å². The molecule has 0 heterocycles. The van der Waals surface area contributed by atoms with Crippen LogP contribution in [0.5, 0.6) is 0 Å². The van der Waals surface area contributed by atoms with Gasteiger partial charge in [0.05, 0.1) is 18.6 Å². The van der Waals surface area contributed by atoms with Crippen molar-refractivity contribution in [3.63, 3.8) is 0 Å². The number of carbonyl (C=O) groups excluding carboxylic acids is 4. The smallest absolute Gasteiger partial charge is 0.243 e. The summed E-state index contributed by atoms with van der Waals surface area (Å²) in [4.78, 5) is 48.0. The van der Waals surface area contributed by atoms with Gasteiger partial charge in [-0.2, -0.15) is 0 Å². The Bertz CT molecular complexity index is 685. The molecular weight excluding hydrogens is 432 g/mol. The van der Waals surface area contributed by atoms with Gasteiger partial charge in [0, 0.05) is 13.1 Å². The topological polar surface area (TPSA) is 254 Å². The molecule has 0 aromatic carbocycles. The first-order chi connectivity index (χ1) is 15.5. The second kappa shape index (κ2) is 16.2. The lowest BCUT2D eigenvalue weighted by Gasteiger charge is -2.22. The van der Waals surface area contributed by atoms with Crippen LogP contribution >= 0.6 is 0 Å². The summed E-state index contributed by atoms with van der Waals surface area (Å²) in [6.45, 7) is 3.82. The number of rotatable bonds is 16. The predicted molar refractivity (Wildman–Crippen MR) is 124 cm³/mol. The van der Waals surface area contributed by atoms with Crippen molar-refractivity contribution in [1.29, 1.82) is 10.8 Å². The Morgan fingerprint density at radius 3 is 1.91 bits per heavy atom. The Labute approximate surface area is 193 Å². The molecule has 0 aliphatic heterocycles. The number of guanidine groups is 2. The summed E-state index contributed by atoms with van der Waals surface area (Å²) in [5.41, 5.74) is 16.2. The number of hydrogen-bond acceptors (Lipinski definition) is 7. The van der Waals surface area contributed by atoms with E-state index in [2.05, 4.69) is 26.6 Å². The van der Waals surface area contributed by atoms with Crippen molar-refractivity contribution < 1.29 is 19.2 Å². The van der Waals surface area contributed by atoms with Gasteiger partial charge in [0.2, 0.25) is 24.0 Å². The molecule has 0 spiro atoms. The fourth-order valence-electron chi connectivity index (χ4n) is 2.59. The van der Waals surface area contributed by atoms with Gasteiger partial charge in [-0.05, 0) is 31.6 Å². The van der Waals surface area contributed by atoms with Crippen LogP contribution in [0.25, 0.3) is 0 Å². The van der Waals surface area contributed by atoms with E-state index in [0.29, 0.717) is 25.9 Å². The van der Waals surface area contributed by atoms with Crippen LogP contribution < -0.4 is 43.8 Å². The Morgan fingerprint density at radius 2 is 1.42 bits per heavy atom. The maximum absolute atomic E-state index is 12.6. The van der Waals surface area contributed by atoms with Crippen molar-refractivity contribution >= 4 is 35.9 Å². The maximum Gasteiger partial charge on any atom is 0.243 e. The van der Waals surface area contributed by atoms with Crippen LogP contribution in [0.1, 0.15) is 39.5 Å². The van der Waals surface area contributed by atoms with Gasteiger partial charge in [0.1, 0.15) is 6.04 Å². The third-order valence-corrected chi connectivity index (χ3v) is 4.52. The quantitative estimate of drug-likeness (QED) is 0.0615. The minimum atomic E-state index is -0.949. The summed E-state index contributed by atoms with van der Waals surface area (Å²) in [5.74, 6) is -2.23. The lowest BCUT2D eigenvalue weighted by atomic mass is 10.0. The molecule has 0 aliphatic carbocycles. The van der Waals surface area contributed by atoms with Crippen LogP contribution in [-0.2, 0) is 19.2 Å². The normalized spacial score (nSPS) is 13.2. The van der Waals surface area contributed by atoms with Gasteiger partial charge in [-0.3, -0.25) is 30.0 Å². The van der Waals surface area contributed by atoms with Crippen LogP contribution in [0.3, 0.4) is 0 Å². The highest BCUT2D eigenvalue weighted by molar-refractivity contribution is 5.92. The molecular formula is C19H37N10O4. The number of nitrogens with two attached hydrogens (primary N) is 3. The van der Waals surface area contributed by atoms with Crippen molar-refractivity contribution in [2.24, 2.45) is 23.1 Å². The Morgan fingerprint density at radius 1 is 0.879 bits per heavy atom. The van der Waals surface area contributed by atoms with Crippen LogP contribution in [0.4, 0.5) is 0 Å². The van der Waals surface area contributed by atoms with Crippen LogP contribution in [0.15, 0.2) is 0 Å². The second-order valence-corrected chi connectivity index (χ2v) is 7.75. The molecule has 3 amide bonds.